The summed E-state index contributed by atoms with van der Waals surface area (Å²) in [6.07, 6.45) is 4.93. The normalized spacial score (nSPS) is 25.8. The van der Waals surface area contributed by atoms with Gasteiger partial charge in [0.25, 0.3) is 0 Å². The Hall–Kier alpha value is 0.280. The van der Waals surface area contributed by atoms with Crippen molar-refractivity contribution in [1.82, 2.24) is 0 Å². The van der Waals surface area contributed by atoms with E-state index in [1.807, 2.05) is 12.1 Å². The molecule has 1 fully saturated rings. The van der Waals surface area contributed by atoms with E-state index in [9.17, 15) is 0 Å². The summed E-state index contributed by atoms with van der Waals surface area (Å²) in [5.41, 5.74) is 1.18. The molecule has 1 aromatic rings. The summed E-state index contributed by atoms with van der Waals surface area (Å²) in [5, 5.41) is 1.39. The van der Waals surface area contributed by atoms with Crippen LogP contribution >= 0.6 is 39.1 Å². The van der Waals surface area contributed by atoms with E-state index in [0.29, 0.717) is 15.8 Å². The Morgan fingerprint density at radius 3 is 2.73 bits per heavy atom. The molecule has 0 nitrogen and oxygen atoms in total. The van der Waals surface area contributed by atoms with Gasteiger partial charge in [-0.25, -0.2) is 0 Å². The molecule has 0 spiro atoms. The Balaban J connectivity index is 2.13. The summed E-state index contributed by atoms with van der Waals surface area (Å²) in [7, 11) is 0. The van der Waals surface area contributed by atoms with Gasteiger partial charge in [0.2, 0.25) is 0 Å². The monoisotopic (exact) mass is 306 g/mol. The molecule has 2 atom stereocenters. The van der Waals surface area contributed by atoms with Gasteiger partial charge in [-0.05, 0) is 36.8 Å². The van der Waals surface area contributed by atoms with Crippen molar-refractivity contribution in [1.29, 1.82) is 0 Å². The number of alkyl halides is 1. The summed E-state index contributed by atoms with van der Waals surface area (Å²) in [5.74, 6) is 0.709. The lowest BCUT2D eigenvalue weighted by Crippen LogP contribution is -2.10. The van der Waals surface area contributed by atoms with E-state index in [1.165, 1.54) is 24.8 Å². The van der Waals surface area contributed by atoms with E-state index in [2.05, 4.69) is 22.0 Å². The molecule has 0 aromatic heterocycles. The highest BCUT2D eigenvalue weighted by Crippen LogP contribution is 2.36. The maximum absolute atomic E-state index is 6.17. The lowest BCUT2D eigenvalue weighted by atomic mass is 9.98. The molecule has 0 aliphatic heterocycles. The van der Waals surface area contributed by atoms with Crippen molar-refractivity contribution in [2.75, 3.05) is 0 Å². The minimum atomic E-state index is 0.646. The van der Waals surface area contributed by atoms with E-state index in [1.54, 1.807) is 0 Å². The van der Waals surface area contributed by atoms with Gasteiger partial charge < -0.3 is 0 Å². The van der Waals surface area contributed by atoms with Crippen LogP contribution in [0.3, 0.4) is 0 Å². The van der Waals surface area contributed by atoms with Crippen LogP contribution in [0.1, 0.15) is 24.8 Å². The average molecular weight is 308 g/mol. The Kier molecular flexibility index (Phi) is 3.98. The largest absolute Gasteiger partial charge is 0.0888 e. The zero-order valence-electron chi connectivity index (χ0n) is 8.35. The molecule has 82 valence electrons. The number of benzene rings is 1. The van der Waals surface area contributed by atoms with Crippen LogP contribution in [-0.2, 0) is 6.42 Å². The van der Waals surface area contributed by atoms with Gasteiger partial charge in [-0.1, -0.05) is 57.7 Å². The molecule has 1 aliphatic carbocycles. The van der Waals surface area contributed by atoms with Crippen molar-refractivity contribution in [3.8, 4) is 0 Å². The predicted molar refractivity (Wildman–Crippen MR) is 70.2 cm³/mol. The van der Waals surface area contributed by atoms with Crippen LogP contribution in [0.5, 0.6) is 0 Å². The summed E-state index contributed by atoms with van der Waals surface area (Å²) in [6, 6.07) is 5.89. The van der Waals surface area contributed by atoms with Crippen LogP contribution in [0.15, 0.2) is 18.2 Å². The average Bonchev–Trinajstić information content (AvgIpc) is 2.60. The lowest BCUT2D eigenvalue weighted by molar-refractivity contribution is 0.563. The van der Waals surface area contributed by atoms with E-state index in [4.69, 9.17) is 23.2 Å². The molecule has 0 saturated heterocycles. The Bertz CT molecular complexity index is 351. The number of hydrogen-bond acceptors (Lipinski definition) is 0. The molecule has 1 aliphatic rings. The minimum absolute atomic E-state index is 0.646. The van der Waals surface area contributed by atoms with Crippen LogP contribution in [0.25, 0.3) is 0 Å². The van der Waals surface area contributed by atoms with Crippen LogP contribution in [0, 0.1) is 5.92 Å². The molecular formula is C12H13BrCl2. The van der Waals surface area contributed by atoms with Crippen molar-refractivity contribution < 1.29 is 0 Å². The summed E-state index contributed by atoms with van der Waals surface area (Å²) in [6.45, 7) is 0. The fraction of sp³-hybridized carbons (Fsp3) is 0.500. The maximum atomic E-state index is 6.17. The number of halogens is 3. The molecule has 0 heterocycles. The zero-order chi connectivity index (χ0) is 10.8. The van der Waals surface area contributed by atoms with E-state index < -0.39 is 0 Å². The van der Waals surface area contributed by atoms with Crippen LogP contribution in [0.4, 0.5) is 0 Å². The maximum Gasteiger partial charge on any atom is 0.0624 e. The van der Waals surface area contributed by atoms with Gasteiger partial charge >= 0.3 is 0 Å². The third-order valence-corrected chi connectivity index (χ3v) is 5.14. The van der Waals surface area contributed by atoms with E-state index in [-0.39, 0.29) is 0 Å². The molecule has 15 heavy (non-hydrogen) atoms. The van der Waals surface area contributed by atoms with Crippen LogP contribution in [-0.4, -0.2) is 4.83 Å². The molecule has 1 saturated carbocycles. The summed E-state index contributed by atoms with van der Waals surface area (Å²) in [4.78, 5) is 0.646. The fourth-order valence-corrected chi connectivity index (χ4v) is 3.38. The first-order valence-electron chi connectivity index (χ1n) is 5.25. The second-order valence-electron chi connectivity index (χ2n) is 4.12. The molecule has 2 unspecified atom stereocenters. The fourth-order valence-electron chi connectivity index (χ4n) is 2.21. The first kappa shape index (κ1) is 11.8. The first-order chi connectivity index (χ1) is 7.18. The predicted octanol–water partition coefficient (Wildman–Crippen LogP) is 5.10. The van der Waals surface area contributed by atoms with Crippen LogP contribution in [0.2, 0.25) is 10.0 Å². The Morgan fingerprint density at radius 2 is 2.07 bits per heavy atom. The van der Waals surface area contributed by atoms with Gasteiger partial charge in [-0.3, -0.25) is 0 Å². The number of hydrogen-bond donors (Lipinski definition) is 0. The Morgan fingerprint density at radius 1 is 1.27 bits per heavy atom. The SMILES string of the molecule is Clc1cccc(CC2CCCC2Br)c1Cl. The molecule has 0 bridgehead atoms. The third kappa shape index (κ3) is 2.69. The van der Waals surface area contributed by atoms with Gasteiger partial charge in [-0.15, -0.1) is 0 Å². The van der Waals surface area contributed by atoms with Gasteiger partial charge in [0.15, 0.2) is 0 Å². The second kappa shape index (κ2) is 5.07. The summed E-state index contributed by atoms with van der Waals surface area (Å²) < 4.78 is 0. The molecule has 2 rings (SSSR count). The molecule has 3 heteroatoms. The van der Waals surface area contributed by atoms with Crippen molar-refractivity contribution in [2.45, 2.75) is 30.5 Å². The van der Waals surface area contributed by atoms with Gasteiger partial charge in [0.1, 0.15) is 0 Å². The third-order valence-electron chi connectivity index (χ3n) is 3.08. The molecule has 0 amide bonds. The van der Waals surface area contributed by atoms with Gasteiger partial charge in [0.05, 0.1) is 10.0 Å². The van der Waals surface area contributed by atoms with Crippen molar-refractivity contribution in [2.24, 2.45) is 5.92 Å². The minimum Gasteiger partial charge on any atom is -0.0888 e. The molecule has 1 aromatic carbocycles. The molecular weight excluding hydrogens is 295 g/mol. The molecule has 0 radical (unpaired) electrons. The smallest absolute Gasteiger partial charge is 0.0624 e. The van der Waals surface area contributed by atoms with Gasteiger partial charge in [0, 0.05) is 4.83 Å². The van der Waals surface area contributed by atoms with Crippen molar-refractivity contribution in [3.63, 3.8) is 0 Å². The standard InChI is InChI=1S/C12H13BrCl2/c13-10-5-1-3-8(10)7-9-4-2-6-11(14)12(9)15/h2,4,6,8,10H,1,3,5,7H2. The van der Waals surface area contributed by atoms with Crippen LogP contribution < -0.4 is 0 Å². The Labute approximate surface area is 109 Å². The summed E-state index contributed by atoms with van der Waals surface area (Å²) >= 11 is 15.9. The molecule has 0 N–H and O–H groups in total. The van der Waals surface area contributed by atoms with E-state index in [0.717, 1.165) is 11.4 Å². The van der Waals surface area contributed by atoms with Crippen molar-refractivity contribution in [3.05, 3.63) is 33.8 Å². The highest BCUT2D eigenvalue weighted by molar-refractivity contribution is 9.09. The van der Waals surface area contributed by atoms with E-state index >= 15 is 0 Å². The topological polar surface area (TPSA) is 0 Å². The van der Waals surface area contributed by atoms with Crippen molar-refractivity contribution >= 4 is 39.1 Å². The number of rotatable bonds is 2. The first-order valence-corrected chi connectivity index (χ1v) is 6.92. The van der Waals surface area contributed by atoms with Gasteiger partial charge in [-0.2, -0.15) is 0 Å². The zero-order valence-corrected chi connectivity index (χ0v) is 11.4. The highest BCUT2D eigenvalue weighted by Gasteiger charge is 2.25. The quantitative estimate of drug-likeness (QED) is 0.667. The lowest BCUT2D eigenvalue weighted by Gasteiger charge is -2.15. The highest BCUT2D eigenvalue weighted by atomic mass is 79.9. The second-order valence-corrected chi connectivity index (χ2v) is 6.09.